The number of alkyl halides is 3. The van der Waals surface area contributed by atoms with Crippen LogP contribution in [0.25, 0.3) is 0 Å². The molecule has 2 aromatic rings. The summed E-state index contributed by atoms with van der Waals surface area (Å²) in [6.07, 6.45) is -0.762. The van der Waals surface area contributed by atoms with Gasteiger partial charge in [0.1, 0.15) is 0 Å². The molecule has 2 nitrogen and oxygen atoms in total. The van der Waals surface area contributed by atoms with Gasteiger partial charge in [0, 0.05) is 25.0 Å². The molecule has 0 aliphatic heterocycles. The summed E-state index contributed by atoms with van der Waals surface area (Å²) in [6.45, 7) is 4.55. The predicted molar refractivity (Wildman–Crippen MR) is 75.7 cm³/mol. The number of benzene rings is 1. The van der Waals surface area contributed by atoms with Crippen LogP contribution in [-0.4, -0.2) is 4.98 Å². The molecule has 0 radical (unpaired) electrons. The summed E-state index contributed by atoms with van der Waals surface area (Å²) < 4.78 is 37.5. The second kappa shape index (κ2) is 6.26. The first-order valence-electron chi connectivity index (χ1n) is 6.68. The molecule has 1 aromatic carbocycles. The highest BCUT2D eigenvalue weighted by Gasteiger charge is 2.30. The van der Waals surface area contributed by atoms with E-state index in [-0.39, 0.29) is 6.04 Å². The number of hydrogen-bond acceptors (Lipinski definition) is 2. The number of rotatable bonds is 4. The quantitative estimate of drug-likeness (QED) is 0.911. The third kappa shape index (κ3) is 4.04. The maximum absolute atomic E-state index is 12.5. The van der Waals surface area contributed by atoms with Crippen LogP contribution in [-0.2, 0) is 12.7 Å². The van der Waals surface area contributed by atoms with Crippen molar-refractivity contribution in [3.63, 3.8) is 0 Å². The summed E-state index contributed by atoms with van der Waals surface area (Å²) in [4.78, 5) is 4.07. The monoisotopic (exact) mass is 294 g/mol. The second-order valence-corrected chi connectivity index (χ2v) is 5.02. The van der Waals surface area contributed by atoms with Crippen molar-refractivity contribution in [3.8, 4) is 0 Å². The van der Waals surface area contributed by atoms with E-state index in [2.05, 4.69) is 10.3 Å². The van der Waals surface area contributed by atoms with Crippen molar-refractivity contribution in [3.05, 3.63) is 65.0 Å². The Balaban J connectivity index is 2.01. The highest BCUT2D eigenvalue weighted by molar-refractivity contribution is 5.27. The van der Waals surface area contributed by atoms with E-state index in [0.717, 1.165) is 28.8 Å². The lowest BCUT2D eigenvalue weighted by atomic mass is 10.1. The second-order valence-electron chi connectivity index (χ2n) is 5.02. The van der Waals surface area contributed by atoms with E-state index < -0.39 is 11.7 Å². The van der Waals surface area contributed by atoms with Crippen LogP contribution in [0.2, 0.25) is 0 Å². The van der Waals surface area contributed by atoms with Crippen LogP contribution in [0.5, 0.6) is 0 Å². The lowest BCUT2D eigenvalue weighted by molar-refractivity contribution is -0.137. The van der Waals surface area contributed by atoms with Gasteiger partial charge in [-0.3, -0.25) is 4.98 Å². The molecule has 0 aliphatic rings. The molecular formula is C16H17F3N2. The zero-order chi connectivity index (χ0) is 15.5. The summed E-state index contributed by atoms with van der Waals surface area (Å²) in [5.41, 5.74) is 2.42. The molecule has 1 aromatic heterocycles. The van der Waals surface area contributed by atoms with E-state index in [4.69, 9.17) is 0 Å². The Morgan fingerprint density at radius 2 is 1.81 bits per heavy atom. The summed E-state index contributed by atoms with van der Waals surface area (Å²) in [5.74, 6) is 0. The predicted octanol–water partition coefficient (Wildman–Crippen LogP) is 4.26. The van der Waals surface area contributed by atoms with E-state index in [1.165, 1.54) is 12.1 Å². The molecule has 1 N–H and O–H groups in total. The standard InChI is InChI=1S/C16H17F3N2/c1-11-7-8-20-9-14(11)10-21-12(2)13-3-5-15(6-4-13)16(17,18)19/h3-9,12,21H,10H2,1-2H3. The first kappa shape index (κ1) is 15.5. The number of halogens is 3. The molecule has 0 amide bonds. The van der Waals surface area contributed by atoms with E-state index in [1.807, 2.05) is 19.9 Å². The molecule has 0 aliphatic carbocycles. The first-order chi connectivity index (χ1) is 9.88. The van der Waals surface area contributed by atoms with Crippen LogP contribution in [0.1, 0.15) is 35.2 Å². The molecule has 0 spiro atoms. The third-order valence-electron chi connectivity index (χ3n) is 3.48. The van der Waals surface area contributed by atoms with E-state index in [1.54, 1.807) is 12.4 Å². The van der Waals surface area contributed by atoms with Crippen molar-refractivity contribution in [2.45, 2.75) is 32.6 Å². The molecule has 1 atom stereocenters. The molecule has 21 heavy (non-hydrogen) atoms. The summed E-state index contributed by atoms with van der Waals surface area (Å²) >= 11 is 0. The fraction of sp³-hybridized carbons (Fsp3) is 0.312. The van der Waals surface area contributed by atoms with E-state index in [0.29, 0.717) is 6.54 Å². The number of hydrogen-bond donors (Lipinski definition) is 1. The van der Waals surface area contributed by atoms with Crippen LogP contribution < -0.4 is 5.32 Å². The summed E-state index contributed by atoms with van der Waals surface area (Å²) in [7, 11) is 0. The average molecular weight is 294 g/mol. The Morgan fingerprint density at radius 1 is 1.14 bits per heavy atom. The van der Waals surface area contributed by atoms with Gasteiger partial charge >= 0.3 is 6.18 Å². The Morgan fingerprint density at radius 3 is 2.38 bits per heavy atom. The Kier molecular flexibility index (Phi) is 4.63. The molecule has 1 unspecified atom stereocenters. The van der Waals surface area contributed by atoms with Gasteiger partial charge in [-0.25, -0.2) is 0 Å². The molecule has 0 bridgehead atoms. The number of nitrogens with one attached hydrogen (secondary N) is 1. The van der Waals surface area contributed by atoms with Gasteiger partial charge in [0.05, 0.1) is 5.56 Å². The molecule has 5 heteroatoms. The van der Waals surface area contributed by atoms with Gasteiger partial charge in [0.25, 0.3) is 0 Å². The molecule has 2 rings (SSSR count). The van der Waals surface area contributed by atoms with Crippen LogP contribution in [0.3, 0.4) is 0 Å². The largest absolute Gasteiger partial charge is 0.416 e. The topological polar surface area (TPSA) is 24.9 Å². The van der Waals surface area contributed by atoms with Gasteiger partial charge < -0.3 is 5.32 Å². The molecule has 0 saturated carbocycles. The molecular weight excluding hydrogens is 277 g/mol. The van der Waals surface area contributed by atoms with Gasteiger partial charge in [0.2, 0.25) is 0 Å². The zero-order valence-electron chi connectivity index (χ0n) is 11.9. The Bertz CT molecular complexity index is 591. The highest BCUT2D eigenvalue weighted by atomic mass is 19.4. The molecule has 1 heterocycles. The van der Waals surface area contributed by atoms with E-state index in [9.17, 15) is 13.2 Å². The summed E-state index contributed by atoms with van der Waals surface area (Å²) in [5, 5.41) is 3.29. The lowest BCUT2D eigenvalue weighted by Crippen LogP contribution is -2.19. The van der Waals surface area contributed by atoms with Crippen molar-refractivity contribution in [1.29, 1.82) is 0 Å². The maximum atomic E-state index is 12.5. The highest BCUT2D eigenvalue weighted by Crippen LogP contribution is 2.29. The Hall–Kier alpha value is -1.88. The molecule has 0 fully saturated rings. The first-order valence-corrected chi connectivity index (χ1v) is 6.68. The number of pyridine rings is 1. The summed E-state index contributed by atoms with van der Waals surface area (Å²) in [6, 6.07) is 7.14. The number of aromatic nitrogens is 1. The minimum atomic E-state index is -4.29. The average Bonchev–Trinajstić information content (AvgIpc) is 2.45. The molecule has 0 saturated heterocycles. The fourth-order valence-corrected chi connectivity index (χ4v) is 2.02. The number of aryl methyl sites for hydroxylation is 1. The smallest absolute Gasteiger partial charge is 0.306 e. The fourth-order valence-electron chi connectivity index (χ4n) is 2.02. The normalized spacial score (nSPS) is 13.2. The SMILES string of the molecule is Cc1ccncc1CNC(C)c1ccc(C(F)(F)F)cc1. The van der Waals surface area contributed by atoms with Crippen molar-refractivity contribution >= 4 is 0 Å². The van der Waals surface area contributed by atoms with Crippen LogP contribution in [0.4, 0.5) is 13.2 Å². The van der Waals surface area contributed by atoms with Gasteiger partial charge in [-0.1, -0.05) is 12.1 Å². The van der Waals surface area contributed by atoms with Gasteiger partial charge in [-0.05, 0) is 48.7 Å². The number of nitrogens with zero attached hydrogens (tertiary/aromatic N) is 1. The van der Waals surface area contributed by atoms with Crippen LogP contribution in [0.15, 0.2) is 42.7 Å². The Labute approximate surface area is 122 Å². The van der Waals surface area contributed by atoms with Gasteiger partial charge in [-0.15, -0.1) is 0 Å². The van der Waals surface area contributed by atoms with Crippen molar-refractivity contribution in [2.24, 2.45) is 0 Å². The maximum Gasteiger partial charge on any atom is 0.416 e. The van der Waals surface area contributed by atoms with Crippen molar-refractivity contribution < 1.29 is 13.2 Å². The van der Waals surface area contributed by atoms with Crippen molar-refractivity contribution in [1.82, 2.24) is 10.3 Å². The van der Waals surface area contributed by atoms with Gasteiger partial charge in [0.15, 0.2) is 0 Å². The zero-order valence-corrected chi connectivity index (χ0v) is 11.9. The van der Waals surface area contributed by atoms with Crippen molar-refractivity contribution in [2.75, 3.05) is 0 Å². The lowest BCUT2D eigenvalue weighted by Gasteiger charge is -2.16. The van der Waals surface area contributed by atoms with E-state index >= 15 is 0 Å². The molecule has 112 valence electrons. The van der Waals surface area contributed by atoms with Crippen LogP contribution >= 0.6 is 0 Å². The third-order valence-corrected chi connectivity index (χ3v) is 3.48. The van der Waals surface area contributed by atoms with Gasteiger partial charge in [-0.2, -0.15) is 13.2 Å². The minimum absolute atomic E-state index is 0.0353. The van der Waals surface area contributed by atoms with Crippen LogP contribution in [0, 0.1) is 6.92 Å². The minimum Gasteiger partial charge on any atom is -0.306 e.